The van der Waals surface area contributed by atoms with Crippen molar-refractivity contribution in [2.24, 2.45) is 4.99 Å². The van der Waals surface area contributed by atoms with Crippen molar-refractivity contribution in [2.75, 3.05) is 12.4 Å². The molecule has 2 aromatic carbocycles. The summed E-state index contributed by atoms with van der Waals surface area (Å²) in [4.78, 5) is 13.8. The second kappa shape index (κ2) is 9.49. The maximum absolute atomic E-state index is 13.8. The summed E-state index contributed by atoms with van der Waals surface area (Å²) in [5.74, 6) is -2.46. The average Bonchev–Trinajstić information content (AvgIpc) is 2.62. The number of hydrogen-bond donors (Lipinski definition) is 1. The maximum atomic E-state index is 13.8. The first-order chi connectivity index (χ1) is 13.1. The van der Waals surface area contributed by atoms with E-state index < -0.39 is 39.2 Å². The van der Waals surface area contributed by atoms with Crippen LogP contribution in [0.4, 0.5) is 28.0 Å². The highest BCUT2D eigenvalue weighted by Crippen LogP contribution is 2.42. The fourth-order valence-corrected chi connectivity index (χ4v) is 2.90. The monoisotopic (exact) mass is 454 g/mol. The summed E-state index contributed by atoms with van der Waals surface area (Å²) in [7, 11) is 1.10. The number of carbonyl (C=O) groups excluding carboxylic acids is 1. The number of hydrogen-bond acceptors (Lipinski definition) is 3. The molecule has 0 spiro atoms. The SMILES string of the molecule is CO/C(=N\C(=O)Nc1ccc(SC(F)(F)C(Cl)Cl)cc1)c1c(F)cccc1F. The number of halogens is 6. The van der Waals surface area contributed by atoms with Crippen molar-refractivity contribution in [3.05, 3.63) is 59.7 Å². The lowest BCUT2D eigenvalue weighted by atomic mass is 10.2. The molecule has 0 aliphatic heterocycles. The molecule has 0 radical (unpaired) electrons. The van der Waals surface area contributed by atoms with Crippen LogP contribution in [-0.4, -0.2) is 29.1 Å². The summed E-state index contributed by atoms with van der Waals surface area (Å²) in [5, 5.41) is -1.07. The number of nitrogens with one attached hydrogen (secondary N) is 1. The zero-order chi connectivity index (χ0) is 20.9. The maximum Gasteiger partial charge on any atom is 0.348 e. The molecule has 0 atom stereocenters. The molecule has 2 amide bonds. The largest absolute Gasteiger partial charge is 0.480 e. The lowest BCUT2D eigenvalue weighted by Gasteiger charge is -2.16. The van der Waals surface area contributed by atoms with Gasteiger partial charge in [-0.25, -0.2) is 13.6 Å². The Balaban J connectivity index is 2.13. The normalized spacial score (nSPS) is 12.2. The van der Waals surface area contributed by atoms with Gasteiger partial charge in [0.2, 0.25) is 5.90 Å². The van der Waals surface area contributed by atoms with Crippen LogP contribution in [0.3, 0.4) is 0 Å². The average molecular weight is 455 g/mol. The highest BCUT2D eigenvalue weighted by atomic mass is 35.5. The van der Waals surface area contributed by atoms with E-state index in [1.807, 2.05) is 0 Å². The number of rotatable bonds is 5. The first-order valence-corrected chi connectivity index (χ1v) is 9.16. The first kappa shape index (κ1) is 22.3. The Labute approximate surface area is 171 Å². The molecule has 150 valence electrons. The predicted molar refractivity (Wildman–Crippen MR) is 102 cm³/mol. The number of thioether (sulfide) groups is 1. The minimum atomic E-state index is -3.39. The molecular weight excluding hydrogens is 443 g/mol. The van der Waals surface area contributed by atoms with Crippen LogP contribution in [0.2, 0.25) is 0 Å². The predicted octanol–water partition coefficient (Wildman–Crippen LogP) is 6.08. The molecule has 0 aliphatic carbocycles. The number of aliphatic imine (C=N–C) groups is 1. The van der Waals surface area contributed by atoms with Gasteiger partial charge in [0.25, 0.3) is 0 Å². The molecule has 0 heterocycles. The molecule has 0 unspecified atom stereocenters. The Morgan fingerprint density at radius 2 is 1.71 bits per heavy atom. The fourth-order valence-electron chi connectivity index (χ4n) is 1.96. The molecule has 0 aliphatic rings. The van der Waals surface area contributed by atoms with E-state index in [2.05, 4.69) is 10.3 Å². The van der Waals surface area contributed by atoms with Crippen LogP contribution in [0.5, 0.6) is 0 Å². The van der Waals surface area contributed by atoms with Crippen LogP contribution in [0, 0.1) is 11.6 Å². The van der Waals surface area contributed by atoms with E-state index in [-0.39, 0.29) is 22.3 Å². The van der Waals surface area contributed by atoms with Crippen molar-refractivity contribution in [3.63, 3.8) is 0 Å². The lowest BCUT2D eigenvalue weighted by molar-refractivity contribution is 0.122. The molecule has 2 rings (SSSR count). The van der Waals surface area contributed by atoms with Gasteiger partial charge in [0.1, 0.15) is 17.2 Å². The molecule has 1 N–H and O–H groups in total. The summed E-state index contributed by atoms with van der Waals surface area (Å²) in [6.07, 6.45) is 0. The number of benzene rings is 2. The second-order valence-electron chi connectivity index (χ2n) is 5.14. The summed E-state index contributed by atoms with van der Waals surface area (Å²) in [6, 6.07) is 7.43. The third-order valence-electron chi connectivity index (χ3n) is 3.19. The van der Waals surface area contributed by atoms with Crippen LogP contribution in [0.25, 0.3) is 0 Å². The topological polar surface area (TPSA) is 50.7 Å². The van der Waals surface area contributed by atoms with Gasteiger partial charge in [-0.1, -0.05) is 29.3 Å². The molecular formula is C17H12Cl2F4N2O2S. The third-order valence-corrected chi connectivity index (χ3v) is 5.01. The number of nitrogens with zero attached hydrogens (tertiary/aromatic N) is 1. The zero-order valence-electron chi connectivity index (χ0n) is 14.1. The summed E-state index contributed by atoms with van der Waals surface area (Å²) < 4.78 is 59.3. The Bertz CT molecular complexity index is 860. The van der Waals surface area contributed by atoms with E-state index in [1.54, 1.807) is 0 Å². The molecule has 0 aromatic heterocycles. The quantitative estimate of drug-likeness (QED) is 0.196. The standard InChI is InChI=1S/C17H12Cl2F4N2O2S/c1-27-14(13-11(20)3-2-4-12(13)21)25-16(26)24-9-5-7-10(8-6-9)28-17(22,23)15(18)19/h2-8,15H,1H3,(H,24,26)/b25-14-. The number of methoxy groups -OCH3 is 1. The van der Waals surface area contributed by atoms with E-state index in [4.69, 9.17) is 27.9 Å². The van der Waals surface area contributed by atoms with Crippen molar-refractivity contribution < 1.29 is 27.1 Å². The van der Waals surface area contributed by atoms with Crippen molar-refractivity contribution in [2.45, 2.75) is 15.0 Å². The summed E-state index contributed by atoms with van der Waals surface area (Å²) in [5.41, 5.74) is -0.384. The van der Waals surface area contributed by atoms with Crippen molar-refractivity contribution in [3.8, 4) is 0 Å². The molecule has 2 aromatic rings. The van der Waals surface area contributed by atoms with Gasteiger partial charge < -0.3 is 10.1 Å². The molecule has 0 saturated heterocycles. The van der Waals surface area contributed by atoms with Crippen LogP contribution in [0.1, 0.15) is 5.56 Å². The molecule has 11 heteroatoms. The van der Waals surface area contributed by atoms with Crippen LogP contribution in [0.15, 0.2) is 52.4 Å². The van der Waals surface area contributed by atoms with Crippen molar-refractivity contribution >= 4 is 52.6 Å². The van der Waals surface area contributed by atoms with Gasteiger partial charge in [0.05, 0.1) is 7.11 Å². The van der Waals surface area contributed by atoms with Gasteiger partial charge in [0, 0.05) is 10.6 Å². The number of urea groups is 1. The van der Waals surface area contributed by atoms with Crippen LogP contribution < -0.4 is 5.32 Å². The van der Waals surface area contributed by atoms with Gasteiger partial charge in [-0.2, -0.15) is 13.8 Å². The molecule has 0 fully saturated rings. The Hall–Kier alpha value is -1.97. The Kier molecular flexibility index (Phi) is 7.56. The zero-order valence-corrected chi connectivity index (χ0v) is 16.4. The molecule has 0 saturated carbocycles. The molecule has 0 bridgehead atoms. The summed E-state index contributed by atoms with van der Waals surface area (Å²) in [6.45, 7) is 0. The highest BCUT2D eigenvalue weighted by molar-refractivity contribution is 8.00. The Morgan fingerprint density at radius 1 is 1.14 bits per heavy atom. The van der Waals surface area contributed by atoms with Gasteiger partial charge in [-0.15, -0.1) is 0 Å². The minimum Gasteiger partial charge on any atom is -0.480 e. The molecule has 4 nitrogen and oxygen atoms in total. The van der Waals surface area contributed by atoms with Crippen LogP contribution >= 0.6 is 35.0 Å². The number of alkyl halides is 4. The van der Waals surface area contributed by atoms with Crippen molar-refractivity contribution in [1.29, 1.82) is 0 Å². The lowest BCUT2D eigenvalue weighted by Crippen LogP contribution is -2.19. The van der Waals surface area contributed by atoms with E-state index in [9.17, 15) is 22.4 Å². The van der Waals surface area contributed by atoms with Gasteiger partial charge in [-0.3, -0.25) is 0 Å². The number of anilines is 1. The Morgan fingerprint density at radius 3 is 2.21 bits per heavy atom. The van der Waals surface area contributed by atoms with Gasteiger partial charge in [-0.05, 0) is 48.2 Å². The van der Waals surface area contributed by atoms with Crippen molar-refractivity contribution in [1.82, 2.24) is 0 Å². The van der Waals surface area contributed by atoms with E-state index >= 15 is 0 Å². The number of amides is 2. The fraction of sp³-hybridized carbons (Fsp3) is 0.176. The second-order valence-corrected chi connectivity index (χ2v) is 7.45. The summed E-state index contributed by atoms with van der Waals surface area (Å²) >= 11 is 10.6. The van der Waals surface area contributed by atoms with E-state index in [1.165, 1.54) is 24.3 Å². The molecule has 28 heavy (non-hydrogen) atoms. The number of carbonyl (C=O) groups is 1. The van der Waals surface area contributed by atoms with E-state index in [0.29, 0.717) is 0 Å². The smallest absolute Gasteiger partial charge is 0.348 e. The van der Waals surface area contributed by atoms with Gasteiger partial charge in [0.15, 0.2) is 4.84 Å². The highest BCUT2D eigenvalue weighted by Gasteiger charge is 2.38. The third kappa shape index (κ3) is 5.76. The van der Waals surface area contributed by atoms with Gasteiger partial charge >= 0.3 is 11.3 Å². The van der Waals surface area contributed by atoms with Crippen LogP contribution in [-0.2, 0) is 4.74 Å². The number of ether oxygens (including phenoxy) is 1. The van der Waals surface area contributed by atoms with E-state index in [0.717, 1.165) is 25.3 Å². The minimum absolute atomic E-state index is 0.156. The first-order valence-electron chi connectivity index (χ1n) is 7.47.